The molecule has 1 N–H and O–H groups in total. The van der Waals surface area contributed by atoms with Crippen LogP contribution in [0, 0.1) is 0 Å². The second-order valence-corrected chi connectivity index (χ2v) is 3.43. The fraction of sp³-hybridized carbons (Fsp3) is 0.455. The lowest BCUT2D eigenvalue weighted by Gasteiger charge is -2.22. The smallest absolute Gasteiger partial charge is 0.00431 e. The van der Waals surface area contributed by atoms with Gasteiger partial charge in [-0.25, -0.2) is 0 Å². The van der Waals surface area contributed by atoms with Crippen LogP contribution >= 0.6 is 13.5 Å². The molecule has 2 heteroatoms. The Hall–Kier alpha value is -0.470. The van der Waals surface area contributed by atoms with Crippen molar-refractivity contribution < 1.29 is 0 Å². The molecule has 1 aliphatic rings. The molecule has 13 heavy (non-hydrogen) atoms. The topological polar surface area (TPSA) is 12.0 Å². The minimum atomic E-state index is 0. The minimum Gasteiger partial charge on any atom is -0.317 e. The van der Waals surface area contributed by atoms with Crippen molar-refractivity contribution in [3.8, 4) is 0 Å². The normalized spacial score (nSPS) is 17.8. The summed E-state index contributed by atoms with van der Waals surface area (Å²) in [6.45, 7) is 2.36. The molecule has 0 unspecified atom stereocenters. The number of nitrogens with one attached hydrogen (secondary N) is 1. The van der Waals surface area contributed by atoms with Gasteiger partial charge in [0.2, 0.25) is 0 Å². The van der Waals surface area contributed by atoms with Crippen molar-refractivity contribution >= 4 is 13.5 Å². The lowest BCUT2D eigenvalue weighted by Crippen LogP contribution is -2.26. The third-order valence-electron chi connectivity index (χ3n) is 2.61. The predicted molar refractivity (Wildman–Crippen MR) is 61.7 cm³/mol. The van der Waals surface area contributed by atoms with Gasteiger partial charge in [0.25, 0.3) is 0 Å². The molecule has 0 radical (unpaired) electrons. The van der Waals surface area contributed by atoms with Gasteiger partial charge in [-0.15, -0.1) is 0 Å². The average molecular weight is 195 g/mol. The second-order valence-electron chi connectivity index (χ2n) is 3.43. The van der Waals surface area contributed by atoms with Gasteiger partial charge in [-0.1, -0.05) is 30.3 Å². The van der Waals surface area contributed by atoms with E-state index in [1.807, 2.05) is 0 Å². The Bertz CT molecular complexity index is 229. The van der Waals surface area contributed by atoms with Crippen LogP contribution in [0.5, 0.6) is 0 Å². The highest BCUT2D eigenvalue weighted by Gasteiger charge is 2.13. The molecule has 0 saturated carbocycles. The molecule has 0 amide bonds. The number of hydrogen-bond donors (Lipinski definition) is 1. The molecule has 0 bridgehead atoms. The fourth-order valence-electron chi connectivity index (χ4n) is 1.88. The van der Waals surface area contributed by atoms with E-state index in [9.17, 15) is 0 Å². The Labute approximate surface area is 87.0 Å². The molecule has 1 saturated heterocycles. The molecule has 0 aromatic heterocycles. The zero-order chi connectivity index (χ0) is 8.23. The third-order valence-corrected chi connectivity index (χ3v) is 2.61. The van der Waals surface area contributed by atoms with E-state index in [2.05, 4.69) is 35.6 Å². The Morgan fingerprint density at radius 2 is 1.62 bits per heavy atom. The lowest BCUT2D eigenvalue weighted by atomic mass is 9.90. The molecule has 2 rings (SSSR count). The number of rotatable bonds is 1. The number of hydrogen-bond acceptors (Lipinski definition) is 1. The summed E-state index contributed by atoms with van der Waals surface area (Å²) in [6, 6.07) is 10.9. The monoisotopic (exact) mass is 195 g/mol. The highest BCUT2D eigenvalue weighted by Crippen LogP contribution is 2.24. The van der Waals surface area contributed by atoms with Gasteiger partial charge in [0.15, 0.2) is 0 Å². The summed E-state index contributed by atoms with van der Waals surface area (Å²) in [5, 5.41) is 3.38. The van der Waals surface area contributed by atoms with E-state index in [0.29, 0.717) is 0 Å². The quantitative estimate of drug-likeness (QED) is 0.725. The van der Waals surface area contributed by atoms with Crippen LogP contribution in [0.3, 0.4) is 0 Å². The summed E-state index contributed by atoms with van der Waals surface area (Å²) in [4.78, 5) is 0. The lowest BCUT2D eigenvalue weighted by molar-refractivity contribution is 0.460. The van der Waals surface area contributed by atoms with Gasteiger partial charge in [0.05, 0.1) is 0 Å². The van der Waals surface area contributed by atoms with Crippen molar-refractivity contribution in [1.82, 2.24) is 5.32 Å². The third kappa shape index (κ3) is 2.75. The molecular weight excluding hydrogens is 178 g/mol. The molecule has 1 aromatic carbocycles. The zero-order valence-electron chi connectivity index (χ0n) is 7.79. The maximum Gasteiger partial charge on any atom is -0.00431 e. The second kappa shape index (κ2) is 5.30. The maximum absolute atomic E-state index is 3.38. The van der Waals surface area contributed by atoms with E-state index in [0.717, 1.165) is 5.92 Å². The Balaban J connectivity index is 0.000000845. The van der Waals surface area contributed by atoms with Crippen molar-refractivity contribution in [2.24, 2.45) is 0 Å². The summed E-state index contributed by atoms with van der Waals surface area (Å²) in [5.74, 6) is 0.799. The van der Waals surface area contributed by atoms with Crippen molar-refractivity contribution in [3.63, 3.8) is 0 Å². The molecule has 1 fully saturated rings. The molecule has 0 atom stereocenters. The molecule has 0 spiro atoms. The number of benzene rings is 1. The first kappa shape index (κ1) is 10.6. The van der Waals surface area contributed by atoms with Crippen LogP contribution in [0.2, 0.25) is 0 Å². The summed E-state index contributed by atoms with van der Waals surface area (Å²) in [7, 11) is 0. The Morgan fingerprint density at radius 1 is 1.00 bits per heavy atom. The molecule has 1 aliphatic heterocycles. The molecule has 1 aromatic rings. The van der Waals surface area contributed by atoms with Crippen LogP contribution in [-0.4, -0.2) is 13.1 Å². The van der Waals surface area contributed by atoms with E-state index in [1.165, 1.54) is 31.5 Å². The zero-order valence-corrected chi connectivity index (χ0v) is 8.79. The van der Waals surface area contributed by atoms with Gasteiger partial charge in [-0.2, -0.15) is 13.5 Å². The largest absolute Gasteiger partial charge is 0.317 e. The molecule has 72 valence electrons. The van der Waals surface area contributed by atoms with Crippen molar-refractivity contribution in [2.75, 3.05) is 13.1 Å². The first-order chi connectivity index (χ1) is 5.97. The van der Waals surface area contributed by atoms with E-state index in [4.69, 9.17) is 0 Å². The minimum absolute atomic E-state index is 0. The van der Waals surface area contributed by atoms with Gasteiger partial charge in [0, 0.05) is 0 Å². The Morgan fingerprint density at radius 3 is 2.23 bits per heavy atom. The van der Waals surface area contributed by atoms with E-state index < -0.39 is 0 Å². The van der Waals surface area contributed by atoms with Gasteiger partial charge in [-0.3, -0.25) is 0 Å². The first-order valence-electron chi connectivity index (χ1n) is 4.72. The summed E-state index contributed by atoms with van der Waals surface area (Å²) in [5.41, 5.74) is 1.51. The highest BCUT2D eigenvalue weighted by atomic mass is 32.1. The van der Waals surface area contributed by atoms with Gasteiger partial charge in [0.1, 0.15) is 0 Å². The van der Waals surface area contributed by atoms with Crippen LogP contribution in [-0.2, 0) is 0 Å². The average Bonchev–Trinajstić information content (AvgIpc) is 2.21. The number of piperidine rings is 1. The molecule has 1 heterocycles. The van der Waals surface area contributed by atoms with Gasteiger partial charge < -0.3 is 5.32 Å². The molecular formula is C11H17NS. The van der Waals surface area contributed by atoms with Crippen molar-refractivity contribution in [3.05, 3.63) is 35.9 Å². The van der Waals surface area contributed by atoms with Crippen LogP contribution in [0.4, 0.5) is 0 Å². The summed E-state index contributed by atoms with van der Waals surface area (Å²) in [6.07, 6.45) is 2.59. The van der Waals surface area contributed by atoms with E-state index >= 15 is 0 Å². The van der Waals surface area contributed by atoms with Crippen LogP contribution < -0.4 is 5.32 Å². The predicted octanol–water partition coefficient (Wildman–Crippen LogP) is 2.27. The standard InChI is InChI=1S/C11H15N.H2S/c1-2-4-10(5-3-1)11-6-8-12-9-7-11;/h1-5,11-12H,6-9H2;1H2. The maximum atomic E-state index is 3.38. The van der Waals surface area contributed by atoms with E-state index in [1.54, 1.807) is 0 Å². The van der Waals surface area contributed by atoms with Crippen molar-refractivity contribution in [1.29, 1.82) is 0 Å². The molecule has 0 aliphatic carbocycles. The van der Waals surface area contributed by atoms with Gasteiger partial charge >= 0.3 is 0 Å². The Kier molecular flexibility index (Phi) is 4.33. The van der Waals surface area contributed by atoms with Crippen LogP contribution in [0.25, 0.3) is 0 Å². The van der Waals surface area contributed by atoms with E-state index in [-0.39, 0.29) is 13.5 Å². The van der Waals surface area contributed by atoms with Crippen LogP contribution in [0.1, 0.15) is 24.3 Å². The fourth-order valence-corrected chi connectivity index (χ4v) is 1.88. The van der Waals surface area contributed by atoms with Crippen LogP contribution in [0.15, 0.2) is 30.3 Å². The van der Waals surface area contributed by atoms with Crippen molar-refractivity contribution in [2.45, 2.75) is 18.8 Å². The van der Waals surface area contributed by atoms with Gasteiger partial charge in [-0.05, 0) is 37.4 Å². The molecule has 1 nitrogen and oxygen atoms in total. The highest BCUT2D eigenvalue weighted by molar-refractivity contribution is 7.59. The summed E-state index contributed by atoms with van der Waals surface area (Å²) < 4.78 is 0. The summed E-state index contributed by atoms with van der Waals surface area (Å²) >= 11 is 0. The first-order valence-corrected chi connectivity index (χ1v) is 4.72. The SMILES string of the molecule is S.c1ccc(C2CCNCC2)cc1.